The van der Waals surface area contributed by atoms with Crippen molar-refractivity contribution >= 4 is 12.0 Å². The van der Waals surface area contributed by atoms with E-state index in [4.69, 9.17) is 4.74 Å². The monoisotopic (exact) mass is 422 g/mol. The molecule has 2 heterocycles. The Morgan fingerprint density at radius 2 is 1.77 bits per heavy atom. The first-order valence-electron chi connectivity index (χ1n) is 11.1. The van der Waals surface area contributed by atoms with Gasteiger partial charge in [-0.15, -0.1) is 0 Å². The summed E-state index contributed by atoms with van der Waals surface area (Å²) in [6, 6.07) is 16.3. The highest BCUT2D eigenvalue weighted by molar-refractivity contribution is 5.89. The minimum atomic E-state index is -0.667. The first-order chi connectivity index (χ1) is 15.0. The Morgan fingerprint density at radius 1 is 1.00 bits per heavy atom. The average Bonchev–Trinajstić information content (AvgIpc) is 3.49. The number of halogens is 1. The highest BCUT2D eigenvalue weighted by atomic mass is 19.1. The summed E-state index contributed by atoms with van der Waals surface area (Å²) < 4.78 is 19.8. The van der Waals surface area contributed by atoms with Crippen molar-refractivity contribution in [3.63, 3.8) is 0 Å². The fourth-order valence-electron chi connectivity index (χ4n) is 5.54. The Balaban J connectivity index is 1.33. The van der Waals surface area contributed by atoms with E-state index in [0.29, 0.717) is 32.6 Å². The van der Waals surface area contributed by atoms with E-state index >= 15 is 0 Å². The van der Waals surface area contributed by atoms with E-state index in [1.807, 2.05) is 41.3 Å². The van der Waals surface area contributed by atoms with Gasteiger partial charge < -0.3 is 9.64 Å². The van der Waals surface area contributed by atoms with Crippen LogP contribution in [0.5, 0.6) is 0 Å². The maximum atomic E-state index is 13.9. The molecule has 0 aromatic heterocycles. The fourth-order valence-corrected chi connectivity index (χ4v) is 5.54. The molecule has 2 aromatic rings. The molecule has 0 N–H and O–H groups in total. The lowest BCUT2D eigenvalue weighted by Crippen LogP contribution is -2.47. The van der Waals surface area contributed by atoms with Crippen LogP contribution >= 0.6 is 0 Å². The Bertz CT molecular complexity index is 989. The lowest BCUT2D eigenvalue weighted by atomic mass is 9.77. The van der Waals surface area contributed by atoms with Crippen molar-refractivity contribution in [1.29, 1.82) is 0 Å². The van der Waals surface area contributed by atoms with Crippen LogP contribution in [-0.2, 0) is 21.5 Å². The van der Waals surface area contributed by atoms with Gasteiger partial charge in [0.05, 0.1) is 18.5 Å². The summed E-state index contributed by atoms with van der Waals surface area (Å²) >= 11 is 0. The van der Waals surface area contributed by atoms with Crippen molar-refractivity contribution in [3.8, 4) is 0 Å². The van der Waals surface area contributed by atoms with Crippen LogP contribution in [0.1, 0.15) is 43.2 Å². The van der Waals surface area contributed by atoms with Crippen molar-refractivity contribution in [2.45, 2.75) is 49.7 Å². The van der Waals surface area contributed by atoms with Gasteiger partial charge in [-0.1, -0.05) is 55.3 Å². The van der Waals surface area contributed by atoms with Gasteiger partial charge in [-0.3, -0.25) is 9.69 Å². The molecular weight excluding hydrogens is 395 g/mol. The summed E-state index contributed by atoms with van der Waals surface area (Å²) in [6.07, 6.45) is 3.70. The van der Waals surface area contributed by atoms with Gasteiger partial charge in [0, 0.05) is 19.5 Å². The van der Waals surface area contributed by atoms with E-state index in [9.17, 15) is 14.0 Å². The molecule has 1 spiro atoms. The predicted molar refractivity (Wildman–Crippen MR) is 114 cm³/mol. The van der Waals surface area contributed by atoms with Crippen molar-refractivity contribution in [2.24, 2.45) is 0 Å². The molecule has 6 heteroatoms. The van der Waals surface area contributed by atoms with Crippen LogP contribution in [0.25, 0.3) is 0 Å². The second-order valence-corrected chi connectivity index (χ2v) is 9.17. The molecule has 1 saturated carbocycles. The lowest BCUT2D eigenvalue weighted by Gasteiger charge is -2.33. The summed E-state index contributed by atoms with van der Waals surface area (Å²) in [6.45, 7) is 1.95. The van der Waals surface area contributed by atoms with E-state index < -0.39 is 11.0 Å². The molecule has 1 atom stereocenters. The molecule has 1 aliphatic carbocycles. The summed E-state index contributed by atoms with van der Waals surface area (Å²) in [5.74, 6) is -0.263. The van der Waals surface area contributed by atoms with Gasteiger partial charge in [0.2, 0.25) is 5.91 Å². The first-order valence-corrected chi connectivity index (χ1v) is 11.1. The Hall–Kier alpha value is -2.89. The number of ether oxygens (including phenoxy) is 1. The fraction of sp³-hybridized carbons (Fsp3) is 0.440. The minimum Gasteiger partial charge on any atom is -0.439 e. The number of rotatable bonds is 4. The first kappa shape index (κ1) is 20.0. The van der Waals surface area contributed by atoms with Crippen LogP contribution in [0.2, 0.25) is 0 Å². The van der Waals surface area contributed by atoms with Gasteiger partial charge in [-0.05, 0) is 36.1 Å². The summed E-state index contributed by atoms with van der Waals surface area (Å²) in [4.78, 5) is 29.8. The van der Waals surface area contributed by atoms with Crippen LogP contribution in [0.4, 0.5) is 9.18 Å². The van der Waals surface area contributed by atoms with Crippen LogP contribution in [0.15, 0.2) is 54.6 Å². The Labute approximate surface area is 181 Å². The normalized spacial score (nSPS) is 24.7. The second kappa shape index (κ2) is 7.66. The van der Waals surface area contributed by atoms with Crippen molar-refractivity contribution in [1.82, 2.24) is 9.80 Å². The maximum absolute atomic E-state index is 13.9. The van der Waals surface area contributed by atoms with E-state index in [2.05, 4.69) is 0 Å². The Kier molecular flexibility index (Phi) is 4.95. The Morgan fingerprint density at radius 3 is 2.52 bits per heavy atom. The number of hydrogen-bond acceptors (Lipinski definition) is 3. The maximum Gasteiger partial charge on any atom is 0.410 e. The van der Waals surface area contributed by atoms with E-state index in [1.165, 1.54) is 12.1 Å². The van der Waals surface area contributed by atoms with Gasteiger partial charge >= 0.3 is 6.09 Å². The third-order valence-corrected chi connectivity index (χ3v) is 7.10. The molecule has 3 fully saturated rings. The molecule has 2 aliphatic heterocycles. The standard InChI is InChI=1S/C25H27FN2O3/c26-21-10-6-9-20(15-21)25(11-4-5-12-25)22(29)27-14-13-24(17-27)18-28(23(30)31-24)16-19-7-2-1-3-8-19/h1-3,6-10,15H,4-5,11-14,16-18H2/t24-/m0/s1. The van der Waals surface area contributed by atoms with Crippen molar-refractivity contribution in [3.05, 3.63) is 71.5 Å². The van der Waals surface area contributed by atoms with Crippen LogP contribution < -0.4 is 0 Å². The molecule has 31 heavy (non-hydrogen) atoms. The van der Waals surface area contributed by atoms with Gasteiger partial charge in [0.15, 0.2) is 5.60 Å². The molecule has 2 saturated heterocycles. The highest BCUT2D eigenvalue weighted by Gasteiger charge is 2.54. The second-order valence-electron chi connectivity index (χ2n) is 9.17. The van der Waals surface area contributed by atoms with Gasteiger partial charge in [0.25, 0.3) is 0 Å². The van der Waals surface area contributed by atoms with E-state index in [0.717, 1.165) is 36.8 Å². The zero-order chi connectivity index (χ0) is 21.5. The molecule has 0 radical (unpaired) electrons. The van der Waals surface area contributed by atoms with Crippen LogP contribution in [0.3, 0.4) is 0 Å². The van der Waals surface area contributed by atoms with Gasteiger partial charge in [-0.25, -0.2) is 9.18 Å². The molecule has 2 amide bonds. The summed E-state index contributed by atoms with van der Waals surface area (Å²) in [5.41, 5.74) is 0.506. The topological polar surface area (TPSA) is 49.9 Å². The van der Waals surface area contributed by atoms with E-state index in [-0.39, 0.29) is 17.8 Å². The average molecular weight is 423 g/mol. The number of benzene rings is 2. The highest BCUT2D eigenvalue weighted by Crippen LogP contribution is 2.44. The number of amides is 2. The van der Waals surface area contributed by atoms with Crippen molar-refractivity contribution in [2.75, 3.05) is 19.6 Å². The van der Waals surface area contributed by atoms with Crippen LogP contribution in [0, 0.1) is 5.82 Å². The quantitative estimate of drug-likeness (QED) is 0.740. The third-order valence-electron chi connectivity index (χ3n) is 7.10. The van der Waals surface area contributed by atoms with Crippen molar-refractivity contribution < 1.29 is 18.7 Å². The zero-order valence-electron chi connectivity index (χ0n) is 17.6. The minimum absolute atomic E-state index is 0.0463. The number of carbonyl (C=O) groups is 2. The number of likely N-dealkylation sites (tertiary alicyclic amines) is 1. The summed E-state index contributed by atoms with van der Waals surface area (Å²) in [7, 11) is 0. The smallest absolute Gasteiger partial charge is 0.410 e. The van der Waals surface area contributed by atoms with Crippen LogP contribution in [-0.4, -0.2) is 47.0 Å². The largest absolute Gasteiger partial charge is 0.439 e. The zero-order valence-corrected chi connectivity index (χ0v) is 17.6. The SMILES string of the molecule is O=C1O[C@]2(CCN(C(=O)C3(c4cccc(F)c4)CCCC3)C2)CN1Cc1ccccc1. The lowest BCUT2D eigenvalue weighted by molar-refractivity contribution is -0.137. The summed E-state index contributed by atoms with van der Waals surface area (Å²) in [5, 5.41) is 0. The van der Waals surface area contributed by atoms with E-state index in [1.54, 1.807) is 11.0 Å². The molecule has 5 nitrogen and oxygen atoms in total. The molecule has 3 aliphatic rings. The molecule has 2 aromatic carbocycles. The predicted octanol–water partition coefficient (Wildman–Crippen LogP) is 4.26. The number of hydrogen-bond donors (Lipinski definition) is 0. The van der Waals surface area contributed by atoms with Gasteiger partial charge in [0.1, 0.15) is 5.82 Å². The molecule has 0 bridgehead atoms. The number of carbonyl (C=O) groups excluding carboxylic acids is 2. The molecule has 5 rings (SSSR count). The van der Waals surface area contributed by atoms with Gasteiger partial charge in [-0.2, -0.15) is 0 Å². The molecule has 162 valence electrons. The molecule has 0 unspecified atom stereocenters. The molecular formula is C25H27FN2O3. The number of nitrogens with zero attached hydrogens (tertiary/aromatic N) is 2. The third kappa shape index (κ3) is 3.58.